The van der Waals surface area contributed by atoms with E-state index in [-0.39, 0.29) is 22.6 Å². The Bertz CT molecular complexity index is 448. The number of hydrogen-bond donors (Lipinski definition) is 1. The van der Waals surface area contributed by atoms with Crippen LogP contribution in [0.15, 0.2) is 30.3 Å². The monoisotopic (exact) mass is 311 g/mol. The first-order valence-corrected chi connectivity index (χ1v) is 9.20. The van der Waals surface area contributed by atoms with Crippen molar-refractivity contribution in [3.63, 3.8) is 0 Å². The molecule has 0 spiro atoms. The van der Waals surface area contributed by atoms with E-state index in [0.717, 1.165) is 24.9 Å². The van der Waals surface area contributed by atoms with Crippen LogP contribution >= 0.6 is 23.5 Å². The van der Waals surface area contributed by atoms with E-state index in [4.69, 9.17) is 0 Å². The molecular weight excluding hydrogens is 290 g/mol. The number of aliphatic hydroxyl groups excluding tert-OH is 1. The third-order valence-electron chi connectivity index (χ3n) is 3.88. The molecule has 3 nitrogen and oxygen atoms in total. The Kier molecular flexibility index (Phi) is 5.41. The molecule has 0 radical (unpaired) electrons. The number of piperidine rings is 1. The van der Waals surface area contributed by atoms with Crippen LogP contribution < -0.4 is 0 Å². The zero-order valence-corrected chi connectivity index (χ0v) is 13.5. The summed E-state index contributed by atoms with van der Waals surface area (Å²) in [7, 11) is 0. The maximum Gasteiger partial charge on any atom is 0.249 e. The second kappa shape index (κ2) is 6.87. The lowest BCUT2D eigenvalue weighted by Gasteiger charge is -2.43. The van der Waals surface area contributed by atoms with E-state index in [1.165, 1.54) is 0 Å². The Labute approximate surface area is 129 Å². The highest BCUT2D eigenvalue weighted by Crippen LogP contribution is 2.44. The Hall–Kier alpha value is -0.650. The van der Waals surface area contributed by atoms with Gasteiger partial charge in [0.2, 0.25) is 5.91 Å². The van der Waals surface area contributed by atoms with Gasteiger partial charge in [-0.25, -0.2) is 0 Å². The standard InChI is InChI=1S/C15H21NO2S2/c1-19-15(20-2)9-6-10-16(14(15)18)13(11-17)12-7-4-3-5-8-12/h3-5,7-8,13,17H,6,9-11H2,1-2H3. The highest BCUT2D eigenvalue weighted by atomic mass is 32.2. The number of benzene rings is 1. The van der Waals surface area contributed by atoms with E-state index in [9.17, 15) is 9.90 Å². The van der Waals surface area contributed by atoms with Crippen LogP contribution in [-0.2, 0) is 4.79 Å². The van der Waals surface area contributed by atoms with Gasteiger partial charge in [-0.2, -0.15) is 0 Å². The fraction of sp³-hybridized carbons (Fsp3) is 0.533. The summed E-state index contributed by atoms with van der Waals surface area (Å²) in [5.74, 6) is 0.145. The normalized spacial score (nSPS) is 19.9. The molecule has 5 heteroatoms. The quantitative estimate of drug-likeness (QED) is 0.849. The summed E-state index contributed by atoms with van der Waals surface area (Å²) in [6.07, 6.45) is 5.87. The molecular formula is C15H21NO2S2. The predicted octanol–water partition coefficient (Wildman–Crippen LogP) is 2.76. The Balaban J connectivity index is 2.28. The summed E-state index contributed by atoms with van der Waals surface area (Å²) in [5, 5.41) is 9.76. The summed E-state index contributed by atoms with van der Waals surface area (Å²) in [4.78, 5) is 14.7. The number of carbonyl (C=O) groups excluding carboxylic acids is 1. The summed E-state index contributed by atoms with van der Waals surface area (Å²) in [6.45, 7) is 0.691. The molecule has 0 saturated carbocycles. The molecule has 1 saturated heterocycles. The van der Waals surface area contributed by atoms with Crippen molar-refractivity contribution in [2.24, 2.45) is 0 Å². The largest absolute Gasteiger partial charge is 0.394 e. The molecule has 1 aromatic carbocycles. The molecule has 1 unspecified atom stereocenters. The molecule has 1 aliphatic heterocycles. The van der Waals surface area contributed by atoms with Crippen molar-refractivity contribution in [3.8, 4) is 0 Å². The van der Waals surface area contributed by atoms with Crippen LogP contribution in [0.25, 0.3) is 0 Å². The van der Waals surface area contributed by atoms with E-state index >= 15 is 0 Å². The van der Waals surface area contributed by atoms with Crippen molar-refractivity contribution in [2.45, 2.75) is 23.0 Å². The molecule has 1 fully saturated rings. The van der Waals surface area contributed by atoms with Crippen molar-refractivity contribution in [2.75, 3.05) is 25.7 Å². The lowest BCUT2D eigenvalue weighted by Crippen LogP contribution is -2.51. The van der Waals surface area contributed by atoms with E-state index in [1.54, 1.807) is 23.5 Å². The predicted molar refractivity (Wildman–Crippen MR) is 87.0 cm³/mol. The van der Waals surface area contributed by atoms with Gasteiger partial charge in [0, 0.05) is 6.54 Å². The van der Waals surface area contributed by atoms with Gasteiger partial charge in [-0.1, -0.05) is 30.3 Å². The second-order valence-corrected chi connectivity index (χ2v) is 7.34. The molecule has 2 rings (SSSR count). The molecule has 1 aromatic rings. The van der Waals surface area contributed by atoms with Crippen molar-refractivity contribution in [3.05, 3.63) is 35.9 Å². The maximum absolute atomic E-state index is 12.9. The van der Waals surface area contributed by atoms with Crippen molar-refractivity contribution >= 4 is 29.4 Å². The summed E-state index contributed by atoms with van der Waals surface area (Å²) >= 11 is 3.24. The zero-order valence-electron chi connectivity index (χ0n) is 11.9. The van der Waals surface area contributed by atoms with Crippen molar-refractivity contribution in [1.29, 1.82) is 0 Å². The number of hydrogen-bond acceptors (Lipinski definition) is 4. The second-order valence-electron chi connectivity index (χ2n) is 4.87. The fourth-order valence-electron chi connectivity index (χ4n) is 2.73. The molecule has 1 aliphatic rings. The molecule has 1 atom stereocenters. The molecule has 1 amide bonds. The van der Waals surface area contributed by atoms with E-state index in [2.05, 4.69) is 0 Å². The molecule has 0 aromatic heterocycles. The Morgan fingerprint density at radius 2 is 1.95 bits per heavy atom. The van der Waals surface area contributed by atoms with Gasteiger partial charge in [0.25, 0.3) is 0 Å². The number of nitrogens with zero attached hydrogens (tertiary/aromatic N) is 1. The smallest absolute Gasteiger partial charge is 0.249 e. The fourth-order valence-corrected chi connectivity index (χ4v) is 4.68. The maximum atomic E-state index is 12.9. The van der Waals surface area contributed by atoms with Crippen LogP contribution in [-0.4, -0.2) is 45.7 Å². The van der Waals surface area contributed by atoms with Crippen molar-refractivity contribution in [1.82, 2.24) is 4.90 Å². The Morgan fingerprint density at radius 3 is 2.50 bits per heavy atom. The van der Waals surface area contributed by atoms with Crippen LogP contribution in [0.1, 0.15) is 24.4 Å². The van der Waals surface area contributed by atoms with Gasteiger partial charge in [-0.3, -0.25) is 4.79 Å². The van der Waals surface area contributed by atoms with E-state index in [0.29, 0.717) is 0 Å². The molecule has 20 heavy (non-hydrogen) atoms. The highest BCUT2D eigenvalue weighted by Gasteiger charge is 2.45. The Morgan fingerprint density at radius 1 is 1.30 bits per heavy atom. The van der Waals surface area contributed by atoms with Crippen LogP contribution in [0.3, 0.4) is 0 Å². The number of likely N-dealkylation sites (tertiary alicyclic amines) is 1. The third-order valence-corrected chi connectivity index (χ3v) is 6.96. The van der Waals surface area contributed by atoms with E-state index in [1.807, 2.05) is 47.7 Å². The van der Waals surface area contributed by atoms with Crippen LogP contribution in [0.2, 0.25) is 0 Å². The number of aliphatic hydroxyl groups is 1. The summed E-state index contributed by atoms with van der Waals surface area (Å²) in [6, 6.07) is 9.56. The van der Waals surface area contributed by atoms with E-state index < -0.39 is 0 Å². The average Bonchev–Trinajstić information content (AvgIpc) is 2.51. The number of carbonyl (C=O) groups is 1. The first-order valence-electron chi connectivity index (χ1n) is 6.75. The van der Waals surface area contributed by atoms with Gasteiger partial charge in [0.15, 0.2) is 0 Å². The molecule has 0 aliphatic carbocycles. The van der Waals surface area contributed by atoms with Gasteiger partial charge in [0.1, 0.15) is 4.08 Å². The topological polar surface area (TPSA) is 40.5 Å². The number of amides is 1. The minimum absolute atomic E-state index is 0.0331. The van der Waals surface area contributed by atoms with Gasteiger partial charge in [-0.15, -0.1) is 23.5 Å². The molecule has 0 bridgehead atoms. The van der Waals surface area contributed by atoms with Gasteiger partial charge < -0.3 is 10.0 Å². The highest BCUT2D eigenvalue weighted by molar-refractivity contribution is 8.18. The zero-order chi connectivity index (χ0) is 14.6. The van der Waals surface area contributed by atoms with Crippen LogP contribution in [0.4, 0.5) is 0 Å². The van der Waals surface area contributed by atoms with Crippen molar-refractivity contribution < 1.29 is 9.90 Å². The molecule has 110 valence electrons. The average molecular weight is 311 g/mol. The lowest BCUT2D eigenvalue weighted by molar-refractivity contribution is -0.137. The molecule has 1 N–H and O–H groups in total. The van der Waals surface area contributed by atoms with Crippen LogP contribution in [0.5, 0.6) is 0 Å². The summed E-state index contributed by atoms with van der Waals surface area (Å²) in [5.41, 5.74) is 1.00. The first kappa shape index (κ1) is 15.7. The van der Waals surface area contributed by atoms with Gasteiger partial charge in [0.05, 0.1) is 12.6 Å². The minimum Gasteiger partial charge on any atom is -0.394 e. The van der Waals surface area contributed by atoms with Crippen LogP contribution in [0, 0.1) is 0 Å². The minimum atomic E-state index is -0.388. The summed E-state index contributed by atoms with van der Waals surface area (Å²) < 4.78 is -0.388. The lowest BCUT2D eigenvalue weighted by atomic mass is 10.0. The molecule has 1 heterocycles. The first-order chi connectivity index (χ1) is 9.68. The number of rotatable bonds is 5. The van der Waals surface area contributed by atoms with Gasteiger partial charge in [-0.05, 0) is 30.9 Å². The van der Waals surface area contributed by atoms with Gasteiger partial charge >= 0.3 is 0 Å². The third kappa shape index (κ3) is 2.85. The number of thioether (sulfide) groups is 2. The SMILES string of the molecule is CSC1(SC)CCCN(C(CO)c2ccccc2)C1=O.